The molecular weight excluding hydrogens is 268 g/mol. The second-order valence-corrected chi connectivity index (χ2v) is 5.99. The van der Waals surface area contributed by atoms with Gasteiger partial charge >= 0.3 is 0 Å². The van der Waals surface area contributed by atoms with Gasteiger partial charge in [-0.15, -0.1) is 11.3 Å². The zero-order valence-electron chi connectivity index (χ0n) is 9.45. The van der Waals surface area contributed by atoms with Gasteiger partial charge in [0.2, 0.25) is 10.5 Å². The Balaban J connectivity index is 2.27. The molecule has 4 rings (SSSR count). The highest BCUT2D eigenvalue weighted by molar-refractivity contribution is 7.71. The Labute approximate surface area is 110 Å². The number of fused-ring (bicyclic) bond motifs is 4. The molecule has 18 heavy (non-hydrogen) atoms. The Hall–Kier alpha value is -1.47. The van der Waals surface area contributed by atoms with Crippen molar-refractivity contribution in [3.05, 3.63) is 25.6 Å². The fourth-order valence-corrected chi connectivity index (χ4v) is 4.11. The first-order valence-corrected chi connectivity index (χ1v) is 7.12. The van der Waals surface area contributed by atoms with Crippen LogP contribution in [0.3, 0.4) is 0 Å². The summed E-state index contributed by atoms with van der Waals surface area (Å²) in [6, 6.07) is 0. The Morgan fingerprint density at radius 2 is 2.11 bits per heavy atom. The summed E-state index contributed by atoms with van der Waals surface area (Å²) in [7, 11) is 0. The summed E-state index contributed by atoms with van der Waals surface area (Å²) in [5, 5.41) is 6.36. The Kier molecular flexibility index (Phi) is 2.04. The van der Waals surface area contributed by atoms with E-state index in [0.29, 0.717) is 10.5 Å². The topological polar surface area (TPSA) is 66.0 Å². The fourth-order valence-electron chi connectivity index (χ4n) is 2.64. The fraction of sp³-hybridized carbons (Fsp3) is 0.364. The molecule has 3 heterocycles. The van der Waals surface area contributed by atoms with Crippen molar-refractivity contribution >= 4 is 39.5 Å². The van der Waals surface area contributed by atoms with E-state index in [1.165, 1.54) is 21.3 Å². The average Bonchev–Trinajstić information content (AvgIpc) is 2.91. The van der Waals surface area contributed by atoms with Crippen molar-refractivity contribution < 1.29 is 0 Å². The molecule has 3 aromatic heterocycles. The number of hydrogen-bond acceptors (Lipinski definition) is 4. The van der Waals surface area contributed by atoms with Gasteiger partial charge in [-0.05, 0) is 43.5 Å². The molecule has 0 saturated heterocycles. The number of hydrogen-bond donors (Lipinski definition) is 2. The highest BCUT2D eigenvalue weighted by Gasteiger charge is 2.20. The molecule has 0 saturated carbocycles. The standard InChI is InChI=1S/C11H10N4OS2/c16-9-7-5-3-1-2-4-6(5)18-8(7)12-10-13-14-11(17)15(9)10/h1-4H2,(H,12,13)(H,14,17). The summed E-state index contributed by atoms with van der Waals surface area (Å²) in [5.74, 6) is 0.496. The molecule has 7 heteroatoms. The Morgan fingerprint density at radius 3 is 3.00 bits per heavy atom. The van der Waals surface area contributed by atoms with E-state index in [1.54, 1.807) is 11.3 Å². The molecule has 0 atom stereocenters. The van der Waals surface area contributed by atoms with Crippen molar-refractivity contribution in [2.24, 2.45) is 0 Å². The van der Waals surface area contributed by atoms with Gasteiger partial charge in [0, 0.05) is 4.88 Å². The van der Waals surface area contributed by atoms with Crippen LogP contribution in [0.2, 0.25) is 0 Å². The molecule has 2 N–H and O–H groups in total. The number of rotatable bonds is 0. The largest absolute Gasteiger partial charge is 0.273 e. The molecule has 0 bridgehead atoms. The van der Waals surface area contributed by atoms with Crippen molar-refractivity contribution in [2.75, 3.05) is 0 Å². The molecule has 3 aromatic rings. The number of thiophene rings is 1. The first kappa shape index (κ1) is 10.5. The van der Waals surface area contributed by atoms with Crippen LogP contribution < -0.4 is 5.56 Å². The van der Waals surface area contributed by atoms with Crippen LogP contribution in [0.25, 0.3) is 16.0 Å². The molecule has 1 aliphatic rings. The predicted molar refractivity (Wildman–Crippen MR) is 73.0 cm³/mol. The SMILES string of the molecule is O=c1c2c3c(sc2nc2[nH][nH]c(=S)n12)CCCC3. The second kappa shape index (κ2) is 3.52. The lowest BCUT2D eigenvalue weighted by molar-refractivity contribution is 0.700. The van der Waals surface area contributed by atoms with Gasteiger partial charge in [0.25, 0.3) is 5.56 Å². The molecular formula is C11H10N4OS2. The van der Waals surface area contributed by atoms with Gasteiger partial charge < -0.3 is 0 Å². The number of nitrogens with zero attached hydrogens (tertiary/aromatic N) is 2. The highest BCUT2D eigenvalue weighted by Crippen LogP contribution is 2.33. The van der Waals surface area contributed by atoms with Crippen LogP contribution in [0, 0.1) is 4.77 Å². The smallest absolute Gasteiger partial charge is 0.270 e. The second-order valence-electron chi connectivity index (χ2n) is 4.52. The zero-order chi connectivity index (χ0) is 12.3. The van der Waals surface area contributed by atoms with E-state index in [0.717, 1.165) is 29.5 Å². The van der Waals surface area contributed by atoms with Gasteiger partial charge in [-0.1, -0.05) is 0 Å². The maximum Gasteiger partial charge on any atom is 0.270 e. The van der Waals surface area contributed by atoms with E-state index in [-0.39, 0.29) is 5.56 Å². The Bertz CT molecular complexity index is 882. The van der Waals surface area contributed by atoms with Crippen molar-refractivity contribution in [3.8, 4) is 0 Å². The van der Waals surface area contributed by atoms with Crippen LogP contribution in [-0.4, -0.2) is 19.6 Å². The number of aromatic nitrogens is 4. The van der Waals surface area contributed by atoms with Crippen LogP contribution in [0.1, 0.15) is 23.3 Å². The van der Waals surface area contributed by atoms with E-state index in [9.17, 15) is 4.79 Å². The molecule has 5 nitrogen and oxygen atoms in total. The third kappa shape index (κ3) is 1.23. The summed E-state index contributed by atoms with van der Waals surface area (Å²) in [5.41, 5.74) is 1.15. The first-order valence-electron chi connectivity index (χ1n) is 5.89. The lowest BCUT2D eigenvalue weighted by atomic mass is 9.97. The van der Waals surface area contributed by atoms with Crippen molar-refractivity contribution in [1.82, 2.24) is 19.6 Å². The van der Waals surface area contributed by atoms with E-state index in [1.807, 2.05) is 0 Å². The third-order valence-corrected chi connectivity index (χ3v) is 4.94. The van der Waals surface area contributed by atoms with Gasteiger partial charge in [-0.25, -0.2) is 9.38 Å². The van der Waals surface area contributed by atoms with Gasteiger partial charge in [0.1, 0.15) is 4.83 Å². The van der Waals surface area contributed by atoms with Gasteiger partial charge in [-0.2, -0.15) is 0 Å². The molecule has 0 amide bonds. The minimum absolute atomic E-state index is 0.0445. The van der Waals surface area contributed by atoms with E-state index < -0.39 is 0 Å². The molecule has 0 aromatic carbocycles. The monoisotopic (exact) mass is 278 g/mol. The number of aromatic amines is 2. The lowest BCUT2D eigenvalue weighted by Crippen LogP contribution is -2.15. The maximum atomic E-state index is 12.5. The van der Waals surface area contributed by atoms with Gasteiger partial charge in [0.05, 0.1) is 5.39 Å². The predicted octanol–water partition coefficient (Wildman–Crippen LogP) is 2.17. The quantitative estimate of drug-likeness (QED) is 0.619. The van der Waals surface area contributed by atoms with Crippen LogP contribution in [0.4, 0.5) is 0 Å². The van der Waals surface area contributed by atoms with Crippen LogP contribution in [-0.2, 0) is 12.8 Å². The molecule has 1 aliphatic carbocycles. The van der Waals surface area contributed by atoms with E-state index in [2.05, 4.69) is 15.2 Å². The number of nitrogens with one attached hydrogen (secondary N) is 2. The normalized spacial score (nSPS) is 15.3. The molecule has 0 spiro atoms. The third-order valence-electron chi connectivity index (χ3n) is 3.47. The minimum Gasteiger partial charge on any atom is -0.273 e. The molecule has 0 aliphatic heterocycles. The molecule has 0 unspecified atom stereocenters. The number of H-pyrrole nitrogens is 2. The lowest BCUT2D eigenvalue weighted by Gasteiger charge is -2.09. The summed E-state index contributed by atoms with van der Waals surface area (Å²) in [6.07, 6.45) is 4.42. The first-order chi connectivity index (χ1) is 8.75. The molecule has 0 fully saturated rings. The average molecular weight is 278 g/mol. The summed E-state index contributed by atoms with van der Waals surface area (Å²) < 4.78 is 1.82. The summed E-state index contributed by atoms with van der Waals surface area (Å²) in [6.45, 7) is 0. The molecule has 92 valence electrons. The summed E-state index contributed by atoms with van der Waals surface area (Å²) >= 11 is 6.75. The summed E-state index contributed by atoms with van der Waals surface area (Å²) in [4.78, 5) is 19.2. The molecule has 0 radical (unpaired) electrons. The van der Waals surface area contributed by atoms with Crippen molar-refractivity contribution in [1.29, 1.82) is 0 Å². The maximum absolute atomic E-state index is 12.5. The zero-order valence-corrected chi connectivity index (χ0v) is 11.1. The van der Waals surface area contributed by atoms with Crippen molar-refractivity contribution in [3.63, 3.8) is 0 Å². The van der Waals surface area contributed by atoms with Gasteiger partial charge in [-0.3, -0.25) is 15.0 Å². The van der Waals surface area contributed by atoms with E-state index in [4.69, 9.17) is 12.2 Å². The Morgan fingerprint density at radius 1 is 1.28 bits per heavy atom. The van der Waals surface area contributed by atoms with Crippen molar-refractivity contribution in [2.45, 2.75) is 25.7 Å². The van der Waals surface area contributed by atoms with Gasteiger partial charge in [0.15, 0.2) is 0 Å². The van der Waals surface area contributed by atoms with Crippen LogP contribution >= 0.6 is 23.6 Å². The van der Waals surface area contributed by atoms with E-state index >= 15 is 0 Å². The highest BCUT2D eigenvalue weighted by atomic mass is 32.1. The minimum atomic E-state index is -0.0445. The van der Waals surface area contributed by atoms with Crippen LogP contribution in [0.5, 0.6) is 0 Å². The number of aryl methyl sites for hydroxylation is 2. The van der Waals surface area contributed by atoms with Crippen LogP contribution in [0.15, 0.2) is 4.79 Å².